The van der Waals surface area contributed by atoms with E-state index in [0.29, 0.717) is 5.75 Å². The van der Waals surface area contributed by atoms with E-state index < -0.39 is 11.7 Å². The summed E-state index contributed by atoms with van der Waals surface area (Å²) in [6, 6.07) is -0.453. The first-order valence-electron chi connectivity index (χ1n) is 7.09. The molecule has 0 aromatic heterocycles. The van der Waals surface area contributed by atoms with Gasteiger partial charge in [-0.1, -0.05) is 13.8 Å². The normalized spacial score (nSPS) is 23.8. The molecule has 7 heteroatoms. The third-order valence-electron chi connectivity index (χ3n) is 3.02. The van der Waals surface area contributed by atoms with Crippen molar-refractivity contribution in [3.8, 4) is 0 Å². The van der Waals surface area contributed by atoms with E-state index in [1.165, 1.54) is 7.11 Å². The summed E-state index contributed by atoms with van der Waals surface area (Å²) in [7, 11) is 1.38. The van der Waals surface area contributed by atoms with Gasteiger partial charge in [-0.2, -0.15) is 0 Å². The van der Waals surface area contributed by atoms with Crippen molar-refractivity contribution in [3.05, 3.63) is 0 Å². The van der Waals surface area contributed by atoms with Gasteiger partial charge in [0.2, 0.25) is 0 Å². The van der Waals surface area contributed by atoms with E-state index in [4.69, 9.17) is 9.47 Å². The van der Waals surface area contributed by atoms with Crippen LogP contribution >= 0.6 is 11.8 Å². The van der Waals surface area contributed by atoms with E-state index >= 15 is 0 Å². The number of thioether (sulfide) groups is 1. The van der Waals surface area contributed by atoms with E-state index in [-0.39, 0.29) is 29.3 Å². The highest BCUT2D eigenvalue weighted by Crippen LogP contribution is 2.25. The predicted octanol–water partition coefficient (Wildman–Crippen LogP) is 1.74. The van der Waals surface area contributed by atoms with Crippen LogP contribution in [0.4, 0.5) is 4.79 Å². The molecule has 1 rings (SSSR count). The minimum Gasteiger partial charge on any atom is -0.468 e. The minimum atomic E-state index is -0.531. The van der Waals surface area contributed by atoms with Crippen LogP contribution in [0.15, 0.2) is 0 Å². The number of hydrogen-bond donors (Lipinski definition) is 2. The van der Waals surface area contributed by atoms with Crippen molar-refractivity contribution in [1.82, 2.24) is 10.6 Å². The first-order valence-corrected chi connectivity index (χ1v) is 8.14. The fourth-order valence-electron chi connectivity index (χ4n) is 2.02. The Bertz CT molecular complexity index is 382. The Morgan fingerprint density at radius 1 is 1.33 bits per heavy atom. The molecule has 1 saturated heterocycles. The van der Waals surface area contributed by atoms with Crippen LogP contribution in [0.5, 0.6) is 0 Å². The topological polar surface area (TPSA) is 76.7 Å². The zero-order valence-electron chi connectivity index (χ0n) is 13.6. The van der Waals surface area contributed by atoms with Crippen LogP contribution in [0.3, 0.4) is 0 Å². The first-order chi connectivity index (χ1) is 9.64. The summed E-state index contributed by atoms with van der Waals surface area (Å²) in [6.45, 7) is 9.53. The number of ether oxygens (including phenoxy) is 2. The highest BCUT2D eigenvalue weighted by Gasteiger charge is 2.37. The minimum absolute atomic E-state index is 0.0402. The molecule has 1 aliphatic rings. The summed E-state index contributed by atoms with van der Waals surface area (Å²) < 4.78 is 10.0. The van der Waals surface area contributed by atoms with Crippen molar-refractivity contribution in [1.29, 1.82) is 0 Å². The van der Waals surface area contributed by atoms with E-state index in [2.05, 4.69) is 10.6 Å². The SMILES string of the molecule is COC(=O)[C@@H]1CSC([C@@H](NC(=O)OC(C)(C)C)C(C)C)N1. The van der Waals surface area contributed by atoms with E-state index in [9.17, 15) is 9.59 Å². The molecule has 1 amide bonds. The maximum atomic E-state index is 11.9. The molecule has 1 heterocycles. The molecule has 0 aromatic rings. The number of alkyl carbamates (subject to hydrolysis) is 1. The molecule has 1 unspecified atom stereocenters. The molecule has 0 spiro atoms. The molecule has 1 fully saturated rings. The van der Waals surface area contributed by atoms with Gasteiger partial charge in [-0.15, -0.1) is 11.8 Å². The maximum Gasteiger partial charge on any atom is 0.407 e. The van der Waals surface area contributed by atoms with Gasteiger partial charge in [0.25, 0.3) is 0 Å². The fourth-order valence-corrected chi connectivity index (χ4v) is 3.50. The average Bonchev–Trinajstić information content (AvgIpc) is 2.81. The van der Waals surface area contributed by atoms with Gasteiger partial charge < -0.3 is 14.8 Å². The summed E-state index contributed by atoms with van der Waals surface area (Å²) in [5, 5.41) is 6.07. The molecule has 0 aromatic carbocycles. The molecule has 122 valence electrons. The first kappa shape index (κ1) is 18.1. The van der Waals surface area contributed by atoms with Crippen molar-refractivity contribution in [2.45, 2.75) is 57.7 Å². The Morgan fingerprint density at radius 2 is 1.95 bits per heavy atom. The molecule has 1 aliphatic heterocycles. The van der Waals surface area contributed by atoms with Crippen molar-refractivity contribution < 1.29 is 19.1 Å². The lowest BCUT2D eigenvalue weighted by Crippen LogP contribution is -2.52. The smallest absolute Gasteiger partial charge is 0.407 e. The maximum absolute atomic E-state index is 11.9. The van der Waals surface area contributed by atoms with Gasteiger partial charge in [-0.05, 0) is 26.7 Å². The summed E-state index contributed by atoms with van der Waals surface area (Å²) in [6.07, 6.45) is -0.440. The van der Waals surface area contributed by atoms with Crippen LogP contribution in [-0.4, -0.2) is 48.0 Å². The van der Waals surface area contributed by atoms with E-state index in [0.717, 1.165) is 0 Å². The third kappa shape index (κ3) is 5.74. The molecule has 0 bridgehead atoms. The molecule has 6 nitrogen and oxygen atoms in total. The molecular weight excluding hydrogens is 292 g/mol. The number of nitrogens with one attached hydrogen (secondary N) is 2. The molecule has 21 heavy (non-hydrogen) atoms. The van der Waals surface area contributed by atoms with Crippen LogP contribution in [0.2, 0.25) is 0 Å². The molecule has 0 saturated carbocycles. The monoisotopic (exact) mass is 318 g/mol. The lowest BCUT2D eigenvalue weighted by Gasteiger charge is -2.29. The van der Waals surface area contributed by atoms with Crippen LogP contribution in [0.1, 0.15) is 34.6 Å². The average molecular weight is 318 g/mol. The number of carbonyl (C=O) groups is 2. The van der Waals surface area contributed by atoms with Crippen LogP contribution in [0.25, 0.3) is 0 Å². The Morgan fingerprint density at radius 3 is 2.43 bits per heavy atom. The van der Waals surface area contributed by atoms with Gasteiger partial charge in [0.05, 0.1) is 18.5 Å². The second-order valence-corrected chi connectivity index (χ2v) is 7.59. The molecule has 0 aliphatic carbocycles. The van der Waals surface area contributed by atoms with E-state index in [1.54, 1.807) is 11.8 Å². The van der Waals surface area contributed by atoms with Crippen molar-refractivity contribution in [2.24, 2.45) is 5.92 Å². The quantitative estimate of drug-likeness (QED) is 0.769. The Balaban J connectivity index is 2.63. The van der Waals surface area contributed by atoms with Crippen molar-refractivity contribution in [3.63, 3.8) is 0 Å². The van der Waals surface area contributed by atoms with Crippen LogP contribution in [-0.2, 0) is 14.3 Å². The van der Waals surface area contributed by atoms with Gasteiger partial charge in [0, 0.05) is 5.75 Å². The van der Waals surface area contributed by atoms with Gasteiger partial charge in [0.15, 0.2) is 0 Å². The molecule has 3 atom stereocenters. The lowest BCUT2D eigenvalue weighted by atomic mass is 10.0. The van der Waals surface area contributed by atoms with Gasteiger partial charge >= 0.3 is 12.1 Å². The standard InChI is InChI=1S/C14H26N2O4S/c1-8(2)10(16-13(18)20-14(3,4)5)11-15-9(7-21-11)12(17)19-6/h8-11,15H,7H2,1-6H3,(H,16,18)/t9-,10-,11?/m0/s1. The highest BCUT2D eigenvalue weighted by molar-refractivity contribution is 8.00. The Labute approximate surface area is 130 Å². The van der Waals surface area contributed by atoms with Gasteiger partial charge in [-0.3, -0.25) is 10.1 Å². The molecular formula is C14H26N2O4S. The van der Waals surface area contributed by atoms with Crippen LogP contribution < -0.4 is 10.6 Å². The van der Waals surface area contributed by atoms with Gasteiger partial charge in [-0.25, -0.2) is 4.79 Å². The number of rotatable bonds is 4. The number of methoxy groups -OCH3 is 1. The predicted molar refractivity (Wildman–Crippen MR) is 83.2 cm³/mol. The fraction of sp³-hybridized carbons (Fsp3) is 0.857. The highest BCUT2D eigenvalue weighted by atomic mass is 32.2. The summed E-state index contributed by atoms with van der Waals surface area (Å²) >= 11 is 1.61. The van der Waals surface area contributed by atoms with Crippen LogP contribution in [0, 0.1) is 5.92 Å². The molecule has 0 radical (unpaired) electrons. The third-order valence-corrected chi connectivity index (χ3v) is 4.34. The second-order valence-electron chi connectivity index (χ2n) is 6.41. The van der Waals surface area contributed by atoms with Crippen molar-refractivity contribution >= 4 is 23.8 Å². The largest absolute Gasteiger partial charge is 0.468 e. The number of carbonyl (C=O) groups excluding carboxylic acids is 2. The van der Waals surface area contributed by atoms with Crippen molar-refractivity contribution in [2.75, 3.05) is 12.9 Å². The number of esters is 1. The summed E-state index contributed by atoms with van der Waals surface area (Å²) in [5.74, 6) is 0.569. The summed E-state index contributed by atoms with van der Waals surface area (Å²) in [4.78, 5) is 23.5. The Kier molecular flexibility index (Phi) is 6.34. The van der Waals surface area contributed by atoms with Gasteiger partial charge in [0.1, 0.15) is 11.6 Å². The number of amides is 1. The Hall–Kier alpha value is -0.950. The number of hydrogen-bond acceptors (Lipinski definition) is 6. The van der Waals surface area contributed by atoms with E-state index in [1.807, 2.05) is 34.6 Å². The second kappa shape index (κ2) is 7.35. The zero-order valence-corrected chi connectivity index (χ0v) is 14.4. The summed E-state index contributed by atoms with van der Waals surface area (Å²) in [5.41, 5.74) is -0.531. The lowest BCUT2D eigenvalue weighted by molar-refractivity contribution is -0.142. The zero-order chi connectivity index (χ0) is 16.2. The molecule has 2 N–H and O–H groups in total.